The molecule has 0 radical (unpaired) electrons. The summed E-state index contributed by atoms with van der Waals surface area (Å²) >= 11 is 0. The molecule has 1 heterocycles. The molecule has 0 aromatic carbocycles. The van der Waals surface area contributed by atoms with Crippen molar-refractivity contribution in [2.24, 2.45) is 0 Å². The van der Waals surface area contributed by atoms with Gasteiger partial charge in [-0.15, -0.1) is 0 Å². The van der Waals surface area contributed by atoms with Gasteiger partial charge in [0, 0.05) is 7.05 Å². The maximum atomic E-state index is 4.52. The molecule has 0 amide bonds. The van der Waals surface area contributed by atoms with Gasteiger partial charge in [0.25, 0.3) is 0 Å². The molecule has 0 fully saturated rings. The van der Waals surface area contributed by atoms with Crippen molar-refractivity contribution < 1.29 is 0 Å². The highest BCUT2D eigenvalue weighted by molar-refractivity contribution is 5.42. The van der Waals surface area contributed by atoms with Crippen molar-refractivity contribution in [3.05, 3.63) is 17.1 Å². The molecule has 1 N–H and O–H groups in total. The van der Waals surface area contributed by atoms with Gasteiger partial charge in [0.15, 0.2) is 0 Å². The van der Waals surface area contributed by atoms with Crippen LogP contribution in [-0.2, 0) is 0 Å². The van der Waals surface area contributed by atoms with Gasteiger partial charge in [-0.1, -0.05) is 13.8 Å². The van der Waals surface area contributed by atoms with Crippen LogP contribution in [0.5, 0.6) is 0 Å². The van der Waals surface area contributed by atoms with Crippen molar-refractivity contribution in [2.75, 3.05) is 12.4 Å². The average molecular weight is 179 g/mol. The van der Waals surface area contributed by atoms with E-state index in [0.29, 0.717) is 5.92 Å². The Bertz CT molecular complexity index is 305. The molecule has 3 nitrogen and oxygen atoms in total. The SMILES string of the molecule is CNc1nc(C)c(C)nc1C(C)C. The fraction of sp³-hybridized carbons (Fsp3) is 0.600. The van der Waals surface area contributed by atoms with E-state index in [1.54, 1.807) is 0 Å². The fourth-order valence-electron chi connectivity index (χ4n) is 1.21. The maximum Gasteiger partial charge on any atom is 0.148 e. The van der Waals surface area contributed by atoms with Crippen molar-refractivity contribution in [3.63, 3.8) is 0 Å². The first-order chi connectivity index (χ1) is 6.06. The van der Waals surface area contributed by atoms with Crippen LogP contribution in [0.3, 0.4) is 0 Å². The third-order valence-electron chi connectivity index (χ3n) is 2.12. The number of nitrogens with one attached hydrogen (secondary N) is 1. The van der Waals surface area contributed by atoms with Crippen molar-refractivity contribution in [1.29, 1.82) is 0 Å². The van der Waals surface area contributed by atoms with Gasteiger partial charge < -0.3 is 5.32 Å². The first-order valence-corrected chi connectivity index (χ1v) is 4.59. The van der Waals surface area contributed by atoms with E-state index in [0.717, 1.165) is 22.9 Å². The quantitative estimate of drug-likeness (QED) is 0.756. The van der Waals surface area contributed by atoms with Crippen LogP contribution in [0.1, 0.15) is 36.8 Å². The lowest BCUT2D eigenvalue weighted by Gasteiger charge is -2.12. The number of aromatic nitrogens is 2. The molecule has 1 aromatic heterocycles. The van der Waals surface area contributed by atoms with Crippen LogP contribution in [0.25, 0.3) is 0 Å². The van der Waals surface area contributed by atoms with E-state index >= 15 is 0 Å². The molecule has 72 valence electrons. The molecule has 0 unspecified atom stereocenters. The van der Waals surface area contributed by atoms with E-state index in [9.17, 15) is 0 Å². The van der Waals surface area contributed by atoms with Crippen LogP contribution in [0.15, 0.2) is 0 Å². The lowest BCUT2D eigenvalue weighted by molar-refractivity contribution is 0.800. The Kier molecular flexibility index (Phi) is 2.86. The summed E-state index contributed by atoms with van der Waals surface area (Å²) in [5, 5.41) is 3.07. The van der Waals surface area contributed by atoms with Crippen LogP contribution in [0.4, 0.5) is 5.82 Å². The summed E-state index contributed by atoms with van der Waals surface area (Å²) in [6.45, 7) is 8.22. The predicted molar refractivity (Wildman–Crippen MR) is 55.1 cm³/mol. The second-order valence-electron chi connectivity index (χ2n) is 3.53. The second kappa shape index (κ2) is 3.73. The van der Waals surface area contributed by atoms with Gasteiger partial charge in [-0.25, -0.2) is 4.98 Å². The van der Waals surface area contributed by atoms with E-state index in [1.165, 1.54) is 0 Å². The summed E-state index contributed by atoms with van der Waals surface area (Å²) in [4.78, 5) is 8.96. The molecule has 1 aromatic rings. The normalized spacial score (nSPS) is 10.6. The van der Waals surface area contributed by atoms with E-state index in [1.807, 2.05) is 20.9 Å². The van der Waals surface area contributed by atoms with E-state index in [4.69, 9.17) is 0 Å². The van der Waals surface area contributed by atoms with Crippen LogP contribution in [0.2, 0.25) is 0 Å². The largest absolute Gasteiger partial charge is 0.372 e. The Morgan fingerprint density at radius 1 is 1.08 bits per heavy atom. The molecular weight excluding hydrogens is 162 g/mol. The molecule has 0 aliphatic rings. The number of nitrogens with zero attached hydrogens (tertiary/aromatic N) is 2. The minimum Gasteiger partial charge on any atom is -0.372 e. The van der Waals surface area contributed by atoms with Crippen LogP contribution in [0, 0.1) is 13.8 Å². The summed E-state index contributed by atoms with van der Waals surface area (Å²) < 4.78 is 0. The minimum atomic E-state index is 0.411. The van der Waals surface area contributed by atoms with Crippen molar-refractivity contribution in [2.45, 2.75) is 33.6 Å². The average Bonchev–Trinajstić information content (AvgIpc) is 2.08. The Balaban J connectivity index is 3.25. The fourth-order valence-corrected chi connectivity index (χ4v) is 1.21. The van der Waals surface area contributed by atoms with E-state index < -0.39 is 0 Å². The van der Waals surface area contributed by atoms with E-state index in [-0.39, 0.29) is 0 Å². The number of rotatable bonds is 2. The molecular formula is C10H17N3. The molecule has 0 atom stereocenters. The monoisotopic (exact) mass is 179 g/mol. The highest BCUT2D eigenvalue weighted by Crippen LogP contribution is 2.20. The zero-order valence-corrected chi connectivity index (χ0v) is 8.97. The van der Waals surface area contributed by atoms with Crippen molar-refractivity contribution >= 4 is 5.82 Å². The van der Waals surface area contributed by atoms with Crippen molar-refractivity contribution in [3.8, 4) is 0 Å². The summed E-state index contributed by atoms with van der Waals surface area (Å²) in [6, 6.07) is 0. The first-order valence-electron chi connectivity index (χ1n) is 4.59. The number of hydrogen-bond donors (Lipinski definition) is 1. The lowest BCUT2D eigenvalue weighted by Crippen LogP contribution is -2.06. The molecule has 1 rings (SSSR count). The third-order valence-corrected chi connectivity index (χ3v) is 2.12. The Morgan fingerprint density at radius 3 is 2.08 bits per heavy atom. The predicted octanol–water partition coefficient (Wildman–Crippen LogP) is 2.26. The zero-order chi connectivity index (χ0) is 10.0. The minimum absolute atomic E-state index is 0.411. The van der Waals surface area contributed by atoms with Crippen LogP contribution in [-0.4, -0.2) is 17.0 Å². The Labute approximate surface area is 79.6 Å². The smallest absolute Gasteiger partial charge is 0.148 e. The van der Waals surface area contributed by atoms with Gasteiger partial charge >= 0.3 is 0 Å². The summed E-state index contributed by atoms with van der Waals surface area (Å²) in [7, 11) is 1.88. The second-order valence-corrected chi connectivity index (χ2v) is 3.53. The van der Waals surface area contributed by atoms with Gasteiger partial charge in [0.2, 0.25) is 0 Å². The first kappa shape index (κ1) is 9.96. The zero-order valence-electron chi connectivity index (χ0n) is 8.97. The Hall–Kier alpha value is -1.12. The van der Waals surface area contributed by atoms with Gasteiger partial charge in [-0.05, 0) is 19.8 Å². The molecule has 0 aliphatic carbocycles. The molecule has 0 aliphatic heterocycles. The Morgan fingerprint density at radius 2 is 1.62 bits per heavy atom. The number of aryl methyl sites for hydroxylation is 2. The van der Waals surface area contributed by atoms with Crippen LogP contribution >= 0.6 is 0 Å². The summed E-state index contributed by atoms with van der Waals surface area (Å²) in [5.41, 5.74) is 3.06. The molecule has 0 spiro atoms. The summed E-state index contributed by atoms with van der Waals surface area (Å²) in [5.74, 6) is 1.31. The van der Waals surface area contributed by atoms with Gasteiger partial charge in [0.1, 0.15) is 5.82 Å². The number of anilines is 1. The topological polar surface area (TPSA) is 37.8 Å². The molecule has 3 heteroatoms. The highest BCUT2D eigenvalue weighted by Gasteiger charge is 2.10. The van der Waals surface area contributed by atoms with Gasteiger partial charge in [-0.3, -0.25) is 4.98 Å². The standard InChI is InChI=1S/C10H17N3/c1-6(2)9-10(11-5)13-8(4)7(3)12-9/h6H,1-5H3,(H,11,13). The van der Waals surface area contributed by atoms with Crippen LogP contribution < -0.4 is 5.32 Å². The molecule has 0 bridgehead atoms. The number of hydrogen-bond acceptors (Lipinski definition) is 3. The molecule has 0 saturated heterocycles. The van der Waals surface area contributed by atoms with Crippen molar-refractivity contribution in [1.82, 2.24) is 9.97 Å². The molecule has 13 heavy (non-hydrogen) atoms. The van der Waals surface area contributed by atoms with Gasteiger partial charge in [0.05, 0.1) is 17.1 Å². The maximum absolute atomic E-state index is 4.52. The lowest BCUT2D eigenvalue weighted by atomic mass is 10.1. The van der Waals surface area contributed by atoms with Gasteiger partial charge in [-0.2, -0.15) is 0 Å². The third kappa shape index (κ3) is 1.97. The summed E-state index contributed by atoms with van der Waals surface area (Å²) in [6.07, 6.45) is 0. The van der Waals surface area contributed by atoms with E-state index in [2.05, 4.69) is 29.1 Å². The highest BCUT2D eigenvalue weighted by atomic mass is 15.0. The molecule has 0 saturated carbocycles.